The van der Waals surface area contributed by atoms with Crippen LogP contribution in [0.3, 0.4) is 0 Å². The first kappa shape index (κ1) is 22.0. The van der Waals surface area contributed by atoms with Gasteiger partial charge in [-0.05, 0) is 60.4 Å². The topological polar surface area (TPSA) is 66.8 Å². The molecular formula is C25H24FNO4. The van der Waals surface area contributed by atoms with Crippen molar-refractivity contribution in [2.75, 3.05) is 13.1 Å². The predicted molar refractivity (Wildman–Crippen MR) is 116 cm³/mol. The summed E-state index contributed by atoms with van der Waals surface area (Å²) >= 11 is 0. The number of carboxylic acid groups (broad SMARTS) is 1. The van der Waals surface area contributed by atoms with Crippen LogP contribution in [0.25, 0.3) is 0 Å². The highest BCUT2D eigenvalue weighted by Crippen LogP contribution is 2.18. The number of amides is 1. The van der Waals surface area contributed by atoms with E-state index < -0.39 is 5.97 Å². The van der Waals surface area contributed by atoms with Crippen LogP contribution in [0, 0.1) is 12.7 Å². The van der Waals surface area contributed by atoms with Gasteiger partial charge in [0.2, 0.25) is 0 Å². The van der Waals surface area contributed by atoms with Crippen molar-refractivity contribution in [1.82, 2.24) is 4.90 Å². The van der Waals surface area contributed by atoms with Gasteiger partial charge in [0.15, 0.2) is 0 Å². The molecule has 31 heavy (non-hydrogen) atoms. The first-order valence-electron chi connectivity index (χ1n) is 9.95. The Morgan fingerprint density at radius 3 is 2.52 bits per heavy atom. The molecule has 0 radical (unpaired) electrons. The molecule has 0 aliphatic carbocycles. The number of aryl methyl sites for hydroxylation is 1. The van der Waals surface area contributed by atoms with Crippen molar-refractivity contribution in [1.29, 1.82) is 0 Å². The van der Waals surface area contributed by atoms with Gasteiger partial charge in [-0.25, -0.2) is 4.39 Å². The number of benzene rings is 3. The van der Waals surface area contributed by atoms with Crippen LogP contribution in [0.2, 0.25) is 0 Å². The highest BCUT2D eigenvalue weighted by atomic mass is 19.1. The van der Waals surface area contributed by atoms with E-state index in [9.17, 15) is 19.1 Å². The summed E-state index contributed by atoms with van der Waals surface area (Å²) in [5.41, 5.74) is 3.17. The Morgan fingerprint density at radius 1 is 1.00 bits per heavy atom. The maximum atomic E-state index is 13.3. The Balaban J connectivity index is 1.70. The van der Waals surface area contributed by atoms with Crippen molar-refractivity contribution in [3.63, 3.8) is 0 Å². The van der Waals surface area contributed by atoms with E-state index in [1.54, 1.807) is 36.4 Å². The minimum absolute atomic E-state index is 0.154. The summed E-state index contributed by atoms with van der Waals surface area (Å²) in [6, 6.07) is 20.5. The third kappa shape index (κ3) is 6.40. The highest BCUT2D eigenvalue weighted by molar-refractivity contribution is 5.96. The molecule has 1 N–H and O–H groups in total. The maximum absolute atomic E-state index is 13.3. The molecule has 0 aliphatic heterocycles. The molecule has 5 nitrogen and oxygen atoms in total. The fourth-order valence-corrected chi connectivity index (χ4v) is 3.26. The fourth-order valence-electron chi connectivity index (χ4n) is 3.26. The van der Waals surface area contributed by atoms with Crippen LogP contribution in [0.5, 0.6) is 5.75 Å². The monoisotopic (exact) mass is 421 g/mol. The Hall–Kier alpha value is -3.67. The summed E-state index contributed by atoms with van der Waals surface area (Å²) in [4.78, 5) is 25.7. The van der Waals surface area contributed by atoms with Gasteiger partial charge >= 0.3 is 5.97 Å². The second kappa shape index (κ2) is 10.4. The molecule has 3 rings (SSSR count). The minimum atomic E-state index is -1.07. The lowest BCUT2D eigenvalue weighted by Crippen LogP contribution is -2.37. The van der Waals surface area contributed by atoms with Crippen LogP contribution in [0.4, 0.5) is 4.39 Å². The van der Waals surface area contributed by atoms with Gasteiger partial charge in [0.1, 0.15) is 24.7 Å². The van der Waals surface area contributed by atoms with E-state index in [0.29, 0.717) is 23.3 Å². The number of carbonyl (C=O) groups excluding carboxylic acids is 1. The van der Waals surface area contributed by atoms with Crippen molar-refractivity contribution >= 4 is 11.9 Å². The second-order valence-corrected chi connectivity index (χ2v) is 7.24. The number of aliphatic carboxylic acids is 1. The number of nitrogens with zero attached hydrogens (tertiary/aromatic N) is 1. The van der Waals surface area contributed by atoms with E-state index in [-0.39, 0.29) is 31.4 Å². The molecule has 0 heterocycles. The van der Waals surface area contributed by atoms with E-state index in [1.165, 1.54) is 17.0 Å². The van der Waals surface area contributed by atoms with Gasteiger partial charge in [-0.1, -0.05) is 42.5 Å². The molecule has 0 fully saturated rings. The number of ether oxygens (including phenoxy) is 1. The lowest BCUT2D eigenvalue weighted by molar-refractivity contribution is -0.137. The summed E-state index contributed by atoms with van der Waals surface area (Å²) in [6.45, 7) is 2.03. The largest absolute Gasteiger partial charge is 0.489 e. The first-order valence-corrected chi connectivity index (χ1v) is 9.95. The molecule has 160 valence electrons. The number of rotatable bonds is 9. The average molecular weight is 421 g/mol. The van der Waals surface area contributed by atoms with Crippen molar-refractivity contribution < 1.29 is 23.8 Å². The average Bonchev–Trinajstić information content (AvgIpc) is 2.76. The number of carbonyl (C=O) groups is 2. The van der Waals surface area contributed by atoms with Crippen LogP contribution >= 0.6 is 0 Å². The fraction of sp³-hybridized carbons (Fsp3) is 0.200. The van der Waals surface area contributed by atoms with Crippen molar-refractivity contribution in [2.24, 2.45) is 0 Å². The van der Waals surface area contributed by atoms with E-state index in [4.69, 9.17) is 4.74 Å². The third-order valence-corrected chi connectivity index (χ3v) is 4.90. The molecule has 0 aromatic heterocycles. The summed E-state index contributed by atoms with van der Waals surface area (Å²) in [5.74, 6) is -1.35. The maximum Gasteiger partial charge on any atom is 0.323 e. The van der Waals surface area contributed by atoms with Crippen LogP contribution < -0.4 is 4.74 Å². The molecule has 0 atom stereocenters. The number of carboxylic acids is 1. The third-order valence-electron chi connectivity index (χ3n) is 4.90. The Kier molecular flexibility index (Phi) is 7.38. The normalized spacial score (nSPS) is 10.5. The van der Waals surface area contributed by atoms with E-state index in [0.717, 1.165) is 11.1 Å². The number of hydrogen-bond donors (Lipinski definition) is 1. The first-order chi connectivity index (χ1) is 14.9. The van der Waals surface area contributed by atoms with Gasteiger partial charge in [-0.15, -0.1) is 0 Å². The molecule has 0 bridgehead atoms. The molecule has 3 aromatic carbocycles. The zero-order valence-electron chi connectivity index (χ0n) is 17.3. The van der Waals surface area contributed by atoms with E-state index in [2.05, 4.69) is 0 Å². The van der Waals surface area contributed by atoms with Gasteiger partial charge in [0, 0.05) is 12.1 Å². The predicted octanol–water partition coefficient (Wildman–Crippen LogP) is 4.48. The number of halogens is 1. The Labute approximate surface area is 180 Å². The van der Waals surface area contributed by atoms with E-state index in [1.807, 2.05) is 31.2 Å². The molecule has 0 aliphatic rings. The molecule has 6 heteroatoms. The van der Waals surface area contributed by atoms with Gasteiger partial charge in [-0.2, -0.15) is 0 Å². The van der Waals surface area contributed by atoms with Crippen LogP contribution in [-0.2, 0) is 17.8 Å². The molecular weight excluding hydrogens is 397 g/mol. The van der Waals surface area contributed by atoms with E-state index >= 15 is 0 Å². The van der Waals surface area contributed by atoms with Crippen molar-refractivity contribution in [3.05, 3.63) is 101 Å². The summed E-state index contributed by atoms with van der Waals surface area (Å²) in [6.07, 6.45) is 0.557. The highest BCUT2D eigenvalue weighted by Gasteiger charge is 2.19. The van der Waals surface area contributed by atoms with Gasteiger partial charge in [0.25, 0.3) is 5.91 Å². The summed E-state index contributed by atoms with van der Waals surface area (Å²) < 4.78 is 19.0. The molecule has 0 saturated heterocycles. The molecule has 1 amide bonds. The Bertz CT molecular complexity index is 1070. The Morgan fingerprint density at radius 2 is 1.77 bits per heavy atom. The second-order valence-electron chi connectivity index (χ2n) is 7.24. The number of hydrogen-bond acceptors (Lipinski definition) is 3. The molecule has 3 aromatic rings. The smallest absolute Gasteiger partial charge is 0.323 e. The standard InChI is InChI=1S/C25H24FNO4/c1-18-6-2-3-8-20(18)12-13-27(16-24(28)29)25(30)21-9-5-11-23(15-21)31-17-19-7-4-10-22(26)14-19/h2-11,14-15H,12-13,16-17H2,1H3,(H,28,29). The zero-order valence-corrected chi connectivity index (χ0v) is 17.3. The molecule has 0 saturated carbocycles. The summed E-state index contributed by atoms with van der Waals surface area (Å²) in [5, 5.41) is 9.27. The SMILES string of the molecule is Cc1ccccc1CCN(CC(=O)O)C(=O)c1cccc(OCc2cccc(F)c2)c1. The van der Waals surface area contributed by atoms with Crippen molar-refractivity contribution in [3.8, 4) is 5.75 Å². The lowest BCUT2D eigenvalue weighted by Gasteiger charge is -2.21. The minimum Gasteiger partial charge on any atom is -0.489 e. The quantitative estimate of drug-likeness (QED) is 0.553. The van der Waals surface area contributed by atoms with Gasteiger partial charge in [0.05, 0.1) is 0 Å². The molecule has 0 unspecified atom stereocenters. The van der Waals surface area contributed by atoms with Crippen LogP contribution in [0.15, 0.2) is 72.8 Å². The van der Waals surface area contributed by atoms with Crippen LogP contribution in [-0.4, -0.2) is 35.0 Å². The lowest BCUT2D eigenvalue weighted by atomic mass is 10.1. The van der Waals surface area contributed by atoms with Gasteiger partial charge < -0.3 is 14.7 Å². The van der Waals surface area contributed by atoms with Gasteiger partial charge in [-0.3, -0.25) is 9.59 Å². The van der Waals surface area contributed by atoms with Crippen molar-refractivity contribution in [2.45, 2.75) is 20.0 Å². The zero-order chi connectivity index (χ0) is 22.2. The van der Waals surface area contributed by atoms with Crippen LogP contribution in [0.1, 0.15) is 27.0 Å². The molecule has 0 spiro atoms. The summed E-state index contributed by atoms with van der Waals surface area (Å²) in [7, 11) is 0.